The highest BCUT2D eigenvalue weighted by Crippen LogP contribution is 2.15. The molecule has 0 saturated carbocycles. The number of carboxylic acid groups (broad SMARTS) is 1. The lowest BCUT2D eigenvalue weighted by atomic mass is 10.2. The molecule has 1 amide bonds. The maximum atomic E-state index is 11.6. The van der Waals surface area contributed by atoms with Crippen molar-refractivity contribution in [3.05, 3.63) is 0 Å². The second-order valence-corrected chi connectivity index (χ2v) is 5.41. The Morgan fingerprint density at radius 1 is 1.31 bits per heavy atom. The first-order valence-corrected chi connectivity index (χ1v) is 6.58. The van der Waals surface area contributed by atoms with E-state index < -0.39 is 11.9 Å². The van der Waals surface area contributed by atoms with Gasteiger partial charge in [0.2, 0.25) is 5.91 Å². The normalized spacial score (nSPS) is 16.2. The third-order valence-corrected chi connectivity index (χ3v) is 3.79. The first kappa shape index (κ1) is 15.3. The van der Waals surface area contributed by atoms with Crippen LogP contribution in [0.5, 0.6) is 0 Å². The van der Waals surface area contributed by atoms with E-state index in [9.17, 15) is 9.59 Å². The molecule has 4 nitrogen and oxygen atoms in total. The summed E-state index contributed by atoms with van der Waals surface area (Å²) in [5.74, 6) is -0.785. The van der Waals surface area contributed by atoms with Gasteiger partial charge in [-0.25, -0.2) is 0 Å². The van der Waals surface area contributed by atoms with Gasteiger partial charge in [-0.1, -0.05) is 13.8 Å². The third kappa shape index (κ3) is 6.00. The summed E-state index contributed by atoms with van der Waals surface area (Å²) in [4.78, 5) is 22.2. The van der Waals surface area contributed by atoms with E-state index in [4.69, 9.17) is 5.11 Å². The lowest BCUT2D eigenvalue weighted by molar-refractivity contribution is -0.140. The number of thioether (sulfide) groups is 1. The van der Waals surface area contributed by atoms with Gasteiger partial charge in [-0.05, 0) is 20.3 Å². The zero-order valence-electron chi connectivity index (χ0n) is 10.3. The lowest BCUT2D eigenvalue weighted by Crippen LogP contribution is -2.37. The summed E-state index contributed by atoms with van der Waals surface area (Å²) in [6.07, 6.45) is 0.897. The number of amides is 1. The predicted octanol–water partition coefficient (Wildman–Crippen LogP) is 1.74. The number of aliphatic carboxylic acids is 1. The van der Waals surface area contributed by atoms with E-state index in [2.05, 4.69) is 5.32 Å². The van der Waals surface area contributed by atoms with Crippen molar-refractivity contribution in [1.29, 1.82) is 0 Å². The van der Waals surface area contributed by atoms with Crippen LogP contribution in [0.15, 0.2) is 0 Å². The standard InChI is InChI=1S/C11H21NO3S/c1-5-8(3)12-10(13)9(4)16-6-7(2)11(14)15/h7-9H,5-6H2,1-4H3,(H,12,13)(H,14,15). The maximum absolute atomic E-state index is 11.6. The monoisotopic (exact) mass is 247 g/mol. The molecule has 0 rings (SSSR count). The van der Waals surface area contributed by atoms with Crippen LogP contribution in [0.2, 0.25) is 0 Å². The number of hydrogen-bond donors (Lipinski definition) is 2. The van der Waals surface area contributed by atoms with Crippen molar-refractivity contribution in [3.63, 3.8) is 0 Å². The van der Waals surface area contributed by atoms with Gasteiger partial charge in [0.05, 0.1) is 11.2 Å². The molecule has 0 aliphatic carbocycles. The molecule has 0 aliphatic heterocycles. The van der Waals surface area contributed by atoms with Crippen molar-refractivity contribution >= 4 is 23.6 Å². The summed E-state index contributed by atoms with van der Waals surface area (Å²) < 4.78 is 0. The summed E-state index contributed by atoms with van der Waals surface area (Å²) in [7, 11) is 0. The molecule has 0 aromatic rings. The van der Waals surface area contributed by atoms with E-state index in [1.54, 1.807) is 13.8 Å². The molecule has 0 aromatic carbocycles. The summed E-state index contributed by atoms with van der Waals surface area (Å²) in [6.45, 7) is 7.41. The lowest BCUT2D eigenvalue weighted by Gasteiger charge is -2.16. The average molecular weight is 247 g/mol. The van der Waals surface area contributed by atoms with Crippen molar-refractivity contribution in [3.8, 4) is 0 Å². The van der Waals surface area contributed by atoms with Crippen LogP contribution in [0.25, 0.3) is 0 Å². The molecule has 94 valence electrons. The van der Waals surface area contributed by atoms with Crippen LogP contribution in [0, 0.1) is 5.92 Å². The zero-order valence-corrected chi connectivity index (χ0v) is 11.1. The Morgan fingerprint density at radius 3 is 2.31 bits per heavy atom. The van der Waals surface area contributed by atoms with Gasteiger partial charge in [-0.2, -0.15) is 0 Å². The quantitative estimate of drug-likeness (QED) is 0.719. The zero-order chi connectivity index (χ0) is 12.7. The van der Waals surface area contributed by atoms with E-state index in [0.29, 0.717) is 5.75 Å². The molecule has 0 radical (unpaired) electrons. The van der Waals surface area contributed by atoms with Gasteiger partial charge >= 0.3 is 5.97 Å². The first-order chi connectivity index (χ1) is 7.38. The number of rotatable bonds is 7. The SMILES string of the molecule is CCC(C)NC(=O)C(C)SCC(C)C(=O)O. The molecular formula is C11H21NO3S. The Bertz CT molecular complexity index is 245. The van der Waals surface area contributed by atoms with Crippen LogP contribution in [0.3, 0.4) is 0 Å². The van der Waals surface area contributed by atoms with Crippen LogP contribution in [0.4, 0.5) is 0 Å². The molecule has 0 heterocycles. The molecule has 0 fully saturated rings. The molecule has 3 unspecified atom stereocenters. The molecule has 0 saturated heterocycles. The number of carbonyl (C=O) groups is 2. The highest BCUT2D eigenvalue weighted by molar-refractivity contribution is 8.00. The second-order valence-electron chi connectivity index (χ2n) is 4.03. The number of carbonyl (C=O) groups excluding carboxylic acids is 1. The van der Waals surface area contributed by atoms with Gasteiger partial charge < -0.3 is 10.4 Å². The summed E-state index contributed by atoms with van der Waals surface area (Å²) in [5, 5.41) is 11.4. The fourth-order valence-corrected chi connectivity index (χ4v) is 1.84. The predicted molar refractivity (Wildman–Crippen MR) is 66.6 cm³/mol. The molecule has 0 aliphatic rings. The van der Waals surface area contributed by atoms with E-state index in [-0.39, 0.29) is 17.2 Å². The second kappa shape index (κ2) is 7.54. The number of nitrogens with one attached hydrogen (secondary N) is 1. The summed E-state index contributed by atoms with van der Waals surface area (Å²) in [6, 6.07) is 0.174. The highest BCUT2D eigenvalue weighted by Gasteiger charge is 2.18. The van der Waals surface area contributed by atoms with Gasteiger partial charge in [-0.3, -0.25) is 9.59 Å². The minimum atomic E-state index is -0.818. The molecular weight excluding hydrogens is 226 g/mol. The summed E-state index contributed by atoms with van der Waals surface area (Å²) >= 11 is 1.38. The first-order valence-electron chi connectivity index (χ1n) is 5.53. The Hall–Kier alpha value is -0.710. The Labute approximate surface area is 101 Å². The molecule has 0 aromatic heterocycles. The molecule has 2 N–H and O–H groups in total. The topological polar surface area (TPSA) is 66.4 Å². The van der Waals surface area contributed by atoms with Crippen LogP contribution in [-0.4, -0.2) is 34.0 Å². The highest BCUT2D eigenvalue weighted by atomic mass is 32.2. The minimum absolute atomic E-state index is 0.0167. The third-order valence-electron chi connectivity index (χ3n) is 2.39. The van der Waals surface area contributed by atoms with Crippen LogP contribution in [-0.2, 0) is 9.59 Å². The van der Waals surface area contributed by atoms with Crippen LogP contribution < -0.4 is 5.32 Å². The maximum Gasteiger partial charge on any atom is 0.307 e. The van der Waals surface area contributed by atoms with Crippen molar-refractivity contribution in [2.75, 3.05) is 5.75 Å². The fraction of sp³-hybridized carbons (Fsp3) is 0.818. The van der Waals surface area contributed by atoms with E-state index in [1.807, 2.05) is 13.8 Å². The minimum Gasteiger partial charge on any atom is -0.481 e. The van der Waals surface area contributed by atoms with Crippen LogP contribution >= 0.6 is 11.8 Å². The van der Waals surface area contributed by atoms with Crippen molar-refractivity contribution in [1.82, 2.24) is 5.32 Å². The molecule has 0 bridgehead atoms. The summed E-state index contributed by atoms with van der Waals surface area (Å²) in [5.41, 5.74) is 0. The molecule has 0 spiro atoms. The van der Waals surface area contributed by atoms with Gasteiger partial charge in [0.1, 0.15) is 0 Å². The van der Waals surface area contributed by atoms with Crippen LogP contribution in [0.1, 0.15) is 34.1 Å². The Balaban J connectivity index is 3.92. The van der Waals surface area contributed by atoms with Gasteiger partial charge in [-0.15, -0.1) is 11.8 Å². The average Bonchev–Trinajstić information content (AvgIpc) is 2.24. The van der Waals surface area contributed by atoms with Crippen molar-refractivity contribution in [2.24, 2.45) is 5.92 Å². The molecule has 16 heavy (non-hydrogen) atoms. The van der Waals surface area contributed by atoms with E-state index >= 15 is 0 Å². The van der Waals surface area contributed by atoms with Crippen molar-refractivity contribution in [2.45, 2.75) is 45.4 Å². The van der Waals surface area contributed by atoms with Gasteiger partial charge in [0.25, 0.3) is 0 Å². The van der Waals surface area contributed by atoms with E-state index in [0.717, 1.165) is 6.42 Å². The Morgan fingerprint density at radius 2 is 1.88 bits per heavy atom. The fourth-order valence-electron chi connectivity index (χ4n) is 0.898. The Kier molecular flexibility index (Phi) is 7.21. The largest absolute Gasteiger partial charge is 0.481 e. The van der Waals surface area contributed by atoms with E-state index in [1.165, 1.54) is 11.8 Å². The van der Waals surface area contributed by atoms with Gasteiger partial charge in [0.15, 0.2) is 0 Å². The van der Waals surface area contributed by atoms with Gasteiger partial charge in [0, 0.05) is 11.8 Å². The molecule has 5 heteroatoms. The number of hydrogen-bond acceptors (Lipinski definition) is 3. The van der Waals surface area contributed by atoms with Crippen molar-refractivity contribution < 1.29 is 14.7 Å². The number of carboxylic acids is 1. The molecule has 3 atom stereocenters. The smallest absolute Gasteiger partial charge is 0.307 e.